The van der Waals surface area contributed by atoms with E-state index in [2.05, 4.69) is 322 Å². The lowest BCUT2D eigenvalue weighted by Crippen LogP contribution is -1.97. The summed E-state index contributed by atoms with van der Waals surface area (Å²) in [6, 6.07) is 132. The number of fused-ring (bicyclic) bond motifs is 14. The molecule has 0 radical (unpaired) electrons. The molecular formula is C106H62N4O4. The molecule has 0 spiro atoms. The summed E-state index contributed by atoms with van der Waals surface area (Å²) in [6.45, 7) is 0. The van der Waals surface area contributed by atoms with Crippen LogP contribution in [0.15, 0.2) is 394 Å². The van der Waals surface area contributed by atoms with Crippen LogP contribution in [0, 0.1) is 0 Å². The Bertz CT molecular complexity index is 7720. The molecule has 0 aliphatic rings. The highest BCUT2D eigenvalue weighted by molar-refractivity contribution is 6.17. The van der Waals surface area contributed by atoms with E-state index >= 15 is 0 Å². The summed E-state index contributed by atoms with van der Waals surface area (Å²) in [4.78, 5) is 21.9. The van der Waals surface area contributed by atoms with Gasteiger partial charge in [0.15, 0.2) is 11.6 Å². The third-order valence-corrected chi connectivity index (χ3v) is 22.7. The van der Waals surface area contributed by atoms with Crippen LogP contribution in [0.25, 0.3) is 244 Å². The van der Waals surface area contributed by atoms with Crippen molar-refractivity contribution >= 4 is 109 Å². The van der Waals surface area contributed by atoms with Crippen molar-refractivity contribution in [3.8, 4) is 135 Å². The Hall–Kier alpha value is -15.4. The summed E-state index contributed by atoms with van der Waals surface area (Å²) in [5.74, 6) is 1.21. The van der Waals surface area contributed by atoms with Gasteiger partial charge in [-0.3, -0.25) is 0 Å². The van der Waals surface area contributed by atoms with Crippen molar-refractivity contribution in [2.75, 3.05) is 0 Å². The summed E-state index contributed by atoms with van der Waals surface area (Å²) in [6.07, 6.45) is 0. The molecule has 0 N–H and O–H groups in total. The molecule has 0 aliphatic heterocycles. The highest BCUT2D eigenvalue weighted by Crippen LogP contribution is 2.48. The standard InChI is InChI=1S/C106H62N4O4/c1-2-23-68(24-3-1)105-109-94(62-95(110-105)84-38-15-26-64-22-5-7-28-78(64)84)75-59-72(82-36-18-41-90-87-31-10-13-45-98(87)113-103(82)90)56-73(60-75)83-37-19-42-91-100-79(33-20-46-99(100)114-104(83)91)66-49-53-69(54-50-66)106-107-92(67-51-47-65(48-52-67)77-32-14-25-63-21-4-6-27-76(63)77)61-93(108-106)74-57-70(80-34-16-39-88-85-29-8-11-43-96(85)111-101(80)88)55-71(58-74)81-35-17-40-89-86-30-9-12-44-97(86)112-102(81)89/h1-62H. The molecule has 530 valence electrons. The Morgan fingerprint density at radius 2 is 0.456 bits per heavy atom. The topological polar surface area (TPSA) is 104 Å². The summed E-state index contributed by atoms with van der Waals surface area (Å²) >= 11 is 0. The minimum absolute atomic E-state index is 0.579. The molecule has 8 heteroatoms. The van der Waals surface area contributed by atoms with Gasteiger partial charge in [0.25, 0.3) is 0 Å². The number of hydrogen-bond donors (Lipinski definition) is 0. The predicted octanol–water partition coefficient (Wildman–Crippen LogP) is 29.2. The van der Waals surface area contributed by atoms with Crippen molar-refractivity contribution in [2.24, 2.45) is 0 Å². The molecule has 0 atom stereocenters. The maximum Gasteiger partial charge on any atom is 0.160 e. The summed E-state index contributed by atoms with van der Waals surface area (Å²) in [5, 5.41) is 13.0. The molecule has 0 saturated heterocycles. The monoisotopic (exact) mass is 1450 g/mol. The second-order valence-corrected chi connectivity index (χ2v) is 29.4. The fourth-order valence-corrected chi connectivity index (χ4v) is 17.3. The maximum absolute atomic E-state index is 7.22. The fourth-order valence-electron chi connectivity index (χ4n) is 17.3. The molecule has 23 aromatic rings. The van der Waals surface area contributed by atoms with Gasteiger partial charge in [-0.05, 0) is 139 Å². The van der Waals surface area contributed by atoms with E-state index in [1.807, 2.05) is 54.6 Å². The molecule has 6 heterocycles. The molecule has 114 heavy (non-hydrogen) atoms. The van der Waals surface area contributed by atoms with Crippen LogP contribution < -0.4 is 0 Å². The van der Waals surface area contributed by atoms with Crippen LogP contribution in [0.4, 0.5) is 0 Å². The van der Waals surface area contributed by atoms with Gasteiger partial charge in [0.1, 0.15) is 44.7 Å². The van der Waals surface area contributed by atoms with Crippen LogP contribution in [0.2, 0.25) is 0 Å². The lowest BCUT2D eigenvalue weighted by atomic mass is 9.92. The Kier molecular flexibility index (Phi) is 14.8. The average Bonchev–Trinajstić information content (AvgIpc) is 1.65. The first-order valence-electron chi connectivity index (χ1n) is 38.4. The zero-order valence-corrected chi connectivity index (χ0v) is 61.2. The van der Waals surface area contributed by atoms with Crippen LogP contribution in [-0.2, 0) is 0 Å². The normalized spacial score (nSPS) is 11.9. The predicted molar refractivity (Wildman–Crippen MR) is 467 cm³/mol. The van der Waals surface area contributed by atoms with E-state index in [4.69, 9.17) is 37.6 Å². The van der Waals surface area contributed by atoms with E-state index in [-0.39, 0.29) is 0 Å². The molecule has 17 aromatic carbocycles. The average molecular weight is 1460 g/mol. The van der Waals surface area contributed by atoms with E-state index in [0.717, 1.165) is 216 Å². The van der Waals surface area contributed by atoms with Gasteiger partial charge in [0.05, 0.1) is 22.8 Å². The van der Waals surface area contributed by atoms with E-state index in [1.54, 1.807) is 0 Å². The van der Waals surface area contributed by atoms with Crippen LogP contribution in [0.3, 0.4) is 0 Å². The number of rotatable bonds is 12. The molecule has 23 rings (SSSR count). The summed E-state index contributed by atoms with van der Waals surface area (Å²) in [7, 11) is 0. The fraction of sp³-hybridized carbons (Fsp3) is 0. The lowest BCUT2D eigenvalue weighted by Gasteiger charge is -2.14. The van der Waals surface area contributed by atoms with Crippen molar-refractivity contribution in [2.45, 2.75) is 0 Å². The van der Waals surface area contributed by atoms with Crippen molar-refractivity contribution in [1.29, 1.82) is 0 Å². The van der Waals surface area contributed by atoms with E-state index in [9.17, 15) is 0 Å². The maximum atomic E-state index is 7.22. The molecule has 0 aliphatic carbocycles. The quantitative estimate of drug-likeness (QED) is 0.119. The molecule has 6 aromatic heterocycles. The van der Waals surface area contributed by atoms with Crippen LogP contribution in [-0.4, -0.2) is 19.9 Å². The van der Waals surface area contributed by atoms with Crippen LogP contribution >= 0.6 is 0 Å². The molecule has 0 unspecified atom stereocenters. The van der Waals surface area contributed by atoms with Crippen molar-refractivity contribution < 1.29 is 17.7 Å². The first kappa shape index (κ1) is 64.6. The minimum Gasteiger partial charge on any atom is -0.455 e. The molecule has 8 nitrogen and oxygen atoms in total. The number of furan rings is 4. The second-order valence-electron chi connectivity index (χ2n) is 29.4. The van der Waals surface area contributed by atoms with Gasteiger partial charge >= 0.3 is 0 Å². The van der Waals surface area contributed by atoms with Crippen LogP contribution in [0.5, 0.6) is 0 Å². The van der Waals surface area contributed by atoms with Gasteiger partial charge < -0.3 is 17.7 Å². The first-order valence-corrected chi connectivity index (χ1v) is 38.4. The molecule has 0 saturated carbocycles. The molecule has 0 amide bonds. The largest absolute Gasteiger partial charge is 0.455 e. The minimum atomic E-state index is 0.579. The molecule has 0 fully saturated rings. The van der Waals surface area contributed by atoms with Crippen LogP contribution in [0.1, 0.15) is 0 Å². The zero-order chi connectivity index (χ0) is 74.9. The SMILES string of the molecule is c1ccc(-c2nc(-c3cc(-c4cccc5c4oc4ccccc45)cc(-c4cccc5c4oc4cccc(-c6ccc(-c7nc(-c8ccc(-c9cccc%10ccccc9%10)cc8)cc(-c8cc(-c9cccc%10c9oc9ccccc9%10)cc(-c9cccc%10c9oc9ccccc9%10)c8)n7)cc6)c45)c3)cc(-c3cccc4ccccc34)n2)cc1. The number of para-hydroxylation sites is 7. The van der Waals surface area contributed by atoms with Gasteiger partial charge in [-0.2, -0.15) is 0 Å². The Labute approximate surface area is 653 Å². The Balaban J connectivity index is 0.676. The van der Waals surface area contributed by atoms with E-state index in [0.29, 0.717) is 11.6 Å². The molecule has 0 bridgehead atoms. The van der Waals surface area contributed by atoms with Gasteiger partial charge in [0, 0.05) is 98.7 Å². The Morgan fingerprint density at radius 3 is 0.965 bits per heavy atom. The third-order valence-electron chi connectivity index (χ3n) is 22.7. The van der Waals surface area contributed by atoms with Crippen molar-refractivity contribution in [3.05, 3.63) is 376 Å². The number of benzene rings is 17. The van der Waals surface area contributed by atoms with Crippen molar-refractivity contribution in [1.82, 2.24) is 19.9 Å². The lowest BCUT2D eigenvalue weighted by molar-refractivity contribution is 0.669. The summed E-state index contributed by atoms with van der Waals surface area (Å²) < 4.78 is 27.6. The van der Waals surface area contributed by atoms with Crippen molar-refractivity contribution in [3.63, 3.8) is 0 Å². The van der Waals surface area contributed by atoms with Gasteiger partial charge in [-0.1, -0.05) is 303 Å². The van der Waals surface area contributed by atoms with Gasteiger partial charge in [-0.25, -0.2) is 19.9 Å². The van der Waals surface area contributed by atoms with E-state index in [1.165, 1.54) is 16.3 Å². The number of hydrogen-bond acceptors (Lipinski definition) is 8. The highest BCUT2D eigenvalue weighted by Gasteiger charge is 2.25. The van der Waals surface area contributed by atoms with E-state index < -0.39 is 0 Å². The second kappa shape index (κ2) is 26.2. The first-order chi connectivity index (χ1) is 56.4. The number of nitrogens with zero attached hydrogens (tertiary/aromatic N) is 4. The van der Waals surface area contributed by atoms with Gasteiger partial charge in [0.2, 0.25) is 0 Å². The Morgan fingerprint density at radius 1 is 0.158 bits per heavy atom. The number of aromatic nitrogens is 4. The smallest absolute Gasteiger partial charge is 0.160 e. The zero-order valence-electron chi connectivity index (χ0n) is 61.2. The highest BCUT2D eigenvalue weighted by atomic mass is 16.3. The third kappa shape index (κ3) is 10.8. The molecular weight excluding hydrogens is 1390 g/mol. The summed E-state index contributed by atoms with van der Waals surface area (Å²) in [5.41, 5.74) is 27.2. The van der Waals surface area contributed by atoms with Gasteiger partial charge in [-0.15, -0.1) is 0 Å².